The Bertz CT molecular complexity index is 206. The molecule has 1 fully saturated rings. The van der Waals surface area contributed by atoms with Crippen LogP contribution in [0.5, 0.6) is 0 Å². The van der Waals surface area contributed by atoms with Crippen molar-refractivity contribution in [3.05, 3.63) is 0 Å². The maximum atomic E-state index is 11.8. The second kappa shape index (κ2) is 4.52. The van der Waals surface area contributed by atoms with Crippen LogP contribution in [-0.2, 0) is 4.79 Å². The number of hydrogen-bond donors (Lipinski definition) is 1. The molecule has 1 N–H and O–H groups in total. The van der Waals surface area contributed by atoms with Crippen molar-refractivity contribution in [2.75, 3.05) is 5.88 Å². The fourth-order valence-corrected chi connectivity index (χ4v) is 1.91. The fraction of sp³-hybridized carbons (Fsp3) is 0.909. The Morgan fingerprint density at radius 2 is 2.00 bits per heavy atom. The van der Waals surface area contributed by atoms with E-state index in [1.54, 1.807) is 0 Å². The maximum absolute atomic E-state index is 11.8. The number of hydrogen-bond acceptors (Lipinski definition) is 1. The summed E-state index contributed by atoms with van der Waals surface area (Å²) in [4.78, 5) is 11.8. The van der Waals surface area contributed by atoms with E-state index in [4.69, 9.17) is 11.6 Å². The number of rotatable bonds is 4. The fourth-order valence-electron chi connectivity index (χ4n) is 1.57. The highest BCUT2D eigenvalue weighted by molar-refractivity contribution is 6.18. The van der Waals surface area contributed by atoms with E-state index in [1.165, 1.54) is 6.42 Å². The van der Waals surface area contributed by atoms with Crippen molar-refractivity contribution in [2.24, 2.45) is 11.8 Å². The van der Waals surface area contributed by atoms with E-state index < -0.39 is 0 Å². The molecule has 82 valence electrons. The smallest absolute Gasteiger partial charge is 0.223 e. The van der Waals surface area contributed by atoms with Crippen molar-refractivity contribution in [1.82, 2.24) is 5.32 Å². The van der Waals surface area contributed by atoms with Gasteiger partial charge in [-0.2, -0.15) is 0 Å². The molecule has 0 aromatic rings. The van der Waals surface area contributed by atoms with Gasteiger partial charge in [-0.25, -0.2) is 0 Å². The highest BCUT2D eigenvalue weighted by Crippen LogP contribution is 2.33. The van der Waals surface area contributed by atoms with Gasteiger partial charge < -0.3 is 5.32 Å². The molecule has 1 aliphatic rings. The van der Waals surface area contributed by atoms with E-state index in [0.717, 1.165) is 12.8 Å². The van der Waals surface area contributed by atoms with Gasteiger partial charge in [-0.1, -0.05) is 20.8 Å². The van der Waals surface area contributed by atoms with Crippen molar-refractivity contribution in [3.8, 4) is 0 Å². The first-order valence-corrected chi connectivity index (χ1v) is 5.92. The second-order valence-corrected chi connectivity index (χ2v) is 5.06. The summed E-state index contributed by atoms with van der Waals surface area (Å²) in [5.41, 5.74) is -0.0816. The number of amides is 1. The van der Waals surface area contributed by atoms with Gasteiger partial charge in [0.2, 0.25) is 5.91 Å². The van der Waals surface area contributed by atoms with Crippen molar-refractivity contribution in [2.45, 2.75) is 45.6 Å². The molecule has 0 spiro atoms. The van der Waals surface area contributed by atoms with Gasteiger partial charge in [-0.15, -0.1) is 11.6 Å². The molecule has 0 bridgehead atoms. The van der Waals surface area contributed by atoms with Gasteiger partial charge >= 0.3 is 0 Å². The first kappa shape index (κ1) is 11.8. The van der Waals surface area contributed by atoms with Gasteiger partial charge in [0.05, 0.1) is 5.54 Å². The molecule has 1 rings (SSSR count). The van der Waals surface area contributed by atoms with Crippen LogP contribution in [0.25, 0.3) is 0 Å². The van der Waals surface area contributed by atoms with Crippen LogP contribution < -0.4 is 5.32 Å². The Labute approximate surface area is 91.4 Å². The Morgan fingerprint density at radius 1 is 1.43 bits per heavy atom. The normalized spacial score (nSPS) is 21.5. The maximum Gasteiger partial charge on any atom is 0.223 e. The largest absolute Gasteiger partial charge is 0.349 e. The average molecular weight is 218 g/mol. The lowest BCUT2D eigenvalue weighted by molar-refractivity contribution is -0.128. The first-order chi connectivity index (χ1) is 6.51. The molecule has 0 radical (unpaired) electrons. The van der Waals surface area contributed by atoms with Gasteiger partial charge in [-0.3, -0.25) is 4.79 Å². The third kappa shape index (κ3) is 2.41. The standard InChI is InChI=1S/C11H20ClNO/c1-8(2)9(3)10(14)13-11(7-12)5-4-6-11/h8-9H,4-7H2,1-3H3,(H,13,14). The Morgan fingerprint density at radius 3 is 2.29 bits per heavy atom. The molecule has 1 unspecified atom stereocenters. The van der Waals surface area contributed by atoms with E-state index >= 15 is 0 Å². The highest BCUT2D eigenvalue weighted by Gasteiger charge is 2.38. The molecule has 2 nitrogen and oxygen atoms in total. The average Bonchev–Trinajstić information content (AvgIpc) is 2.09. The summed E-state index contributed by atoms with van der Waals surface area (Å²) in [7, 11) is 0. The van der Waals surface area contributed by atoms with E-state index in [2.05, 4.69) is 19.2 Å². The minimum atomic E-state index is -0.0816. The number of halogens is 1. The van der Waals surface area contributed by atoms with E-state index in [-0.39, 0.29) is 17.4 Å². The molecule has 1 aliphatic carbocycles. The first-order valence-electron chi connectivity index (χ1n) is 5.39. The van der Waals surface area contributed by atoms with Crippen LogP contribution in [0.4, 0.5) is 0 Å². The minimum absolute atomic E-state index is 0.0793. The van der Waals surface area contributed by atoms with Crippen LogP contribution in [0.1, 0.15) is 40.0 Å². The Hall–Kier alpha value is -0.240. The van der Waals surface area contributed by atoms with Crippen molar-refractivity contribution in [3.63, 3.8) is 0 Å². The van der Waals surface area contributed by atoms with Gasteiger partial charge in [0.1, 0.15) is 0 Å². The molecule has 0 heterocycles. The number of carbonyl (C=O) groups is 1. The summed E-state index contributed by atoms with van der Waals surface area (Å²) in [6.07, 6.45) is 3.25. The van der Waals surface area contributed by atoms with Crippen molar-refractivity contribution >= 4 is 17.5 Å². The van der Waals surface area contributed by atoms with Crippen LogP contribution in [0.3, 0.4) is 0 Å². The quantitative estimate of drug-likeness (QED) is 0.721. The third-order valence-electron chi connectivity index (χ3n) is 3.37. The molecule has 3 heteroatoms. The molecule has 1 atom stereocenters. The van der Waals surface area contributed by atoms with Crippen molar-refractivity contribution in [1.29, 1.82) is 0 Å². The molecule has 0 aromatic carbocycles. The van der Waals surface area contributed by atoms with Crippen LogP contribution in [-0.4, -0.2) is 17.3 Å². The topological polar surface area (TPSA) is 29.1 Å². The predicted molar refractivity (Wildman–Crippen MR) is 59.4 cm³/mol. The predicted octanol–water partition coefficient (Wildman–Crippen LogP) is 2.56. The summed E-state index contributed by atoms with van der Waals surface area (Å²) in [5, 5.41) is 3.09. The van der Waals surface area contributed by atoms with E-state index in [9.17, 15) is 4.79 Å². The SMILES string of the molecule is CC(C)C(C)C(=O)NC1(CCl)CCC1. The third-order valence-corrected chi connectivity index (χ3v) is 3.88. The van der Waals surface area contributed by atoms with Gasteiger partial charge in [-0.05, 0) is 25.2 Å². The number of carbonyl (C=O) groups excluding carboxylic acids is 1. The van der Waals surface area contributed by atoms with Gasteiger partial charge in [0, 0.05) is 11.8 Å². The van der Waals surface area contributed by atoms with Crippen LogP contribution >= 0.6 is 11.6 Å². The number of nitrogens with one attached hydrogen (secondary N) is 1. The number of alkyl halides is 1. The summed E-state index contributed by atoms with van der Waals surface area (Å²) in [6.45, 7) is 6.11. The molecule has 1 amide bonds. The van der Waals surface area contributed by atoms with Crippen LogP contribution in [0, 0.1) is 11.8 Å². The highest BCUT2D eigenvalue weighted by atomic mass is 35.5. The molecule has 0 saturated heterocycles. The van der Waals surface area contributed by atoms with Gasteiger partial charge in [0.25, 0.3) is 0 Å². The molecule has 14 heavy (non-hydrogen) atoms. The zero-order valence-electron chi connectivity index (χ0n) is 9.27. The zero-order valence-corrected chi connectivity index (χ0v) is 10.0. The zero-order chi connectivity index (χ0) is 10.8. The molecule has 0 aromatic heterocycles. The van der Waals surface area contributed by atoms with E-state index in [1.807, 2.05) is 6.92 Å². The molecule has 1 saturated carbocycles. The second-order valence-electron chi connectivity index (χ2n) is 4.79. The summed E-state index contributed by atoms with van der Waals surface area (Å²) in [5.74, 6) is 1.17. The monoisotopic (exact) mass is 217 g/mol. The lowest BCUT2D eigenvalue weighted by Gasteiger charge is -2.41. The van der Waals surface area contributed by atoms with Crippen LogP contribution in [0.15, 0.2) is 0 Å². The molecular formula is C11H20ClNO. The van der Waals surface area contributed by atoms with E-state index in [0.29, 0.717) is 11.8 Å². The summed E-state index contributed by atoms with van der Waals surface area (Å²) >= 11 is 5.87. The van der Waals surface area contributed by atoms with Crippen molar-refractivity contribution < 1.29 is 4.79 Å². The summed E-state index contributed by atoms with van der Waals surface area (Å²) in [6, 6.07) is 0. The lowest BCUT2D eigenvalue weighted by atomic mass is 9.77. The Balaban J connectivity index is 2.47. The lowest BCUT2D eigenvalue weighted by Crippen LogP contribution is -2.56. The molecular weight excluding hydrogens is 198 g/mol. The van der Waals surface area contributed by atoms with Crippen LogP contribution in [0.2, 0.25) is 0 Å². The summed E-state index contributed by atoms with van der Waals surface area (Å²) < 4.78 is 0. The minimum Gasteiger partial charge on any atom is -0.349 e. The molecule has 0 aliphatic heterocycles. The van der Waals surface area contributed by atoms with Gasteiger partial charge in [0.15, 0.2) is 0 Å². The Kier molecular flexibility index (Phi) is 3.82.